The van der Waals surface area contributed by atoms with Crippen molar-refractivity contribution in [2.24, 2.45) is 0 Å². The lowest BCUT2D eigenvalue weighted by Crippen LogP contribution is -2.24. The number of aliphatic hydroxyl groups excluding tert-OH is 3. The zero-order valence-corrected chi connectivity index (χ0v) is 10.1. The Hall–Kier alpha value is -0.160. The van der Waals surface area contributed by atoms with Crippen LogP contribution in [-0.2, 0) is 0 Å². The van der Waals surface area contributed by atoms with Crippen molar-refractivity contribution in [2.45, 2.75) is 58.2 Å². The smallest absolute Gasteiger partial charge is 0.0616 e. The monoisotopic (exact) mass is 222 g/mol. The minimum atomic E-state index is -0.728. The van der Waals surface area contributed by atoms with E-state index >= 15 is 0 Å². The zero-order chi connectivity index (χ0) is 12.3. The maximum Gasteiger partial charge on any atom is 0.0616 e. The lowest BCUT2D eigenvalue weighted by atomic mass is 10.0. The van der Waals surface area contributed by atoms with Crippen molar-refractivity contribution in [1.29, 1.82) is 0 Å². The quantitative estimate of drug-likeness (QED) is 0.498. The van der Waals surface area contributed by atoms with Crippen molar-refractivity contribution < 1.29 is 20.4 Å². The van der Waals surface area contributed by atoms with Gasteiger partial charge in [-0.25, -0.2) is 0 Å². The predicted octanol–water partition coefficient (Wildman–Crippen LogP) is 0.669. The van der Waals surface area contributed by atoms with Crippen LogP contribution in [0.25, 0.3) is 0 Å². The van der Waals surface area contributed by atoms with E-state index in [1.54, 1.807) is 20.8 Å². The molecule has 0 aliphatic carbocycles. The predicted molar refractivity (Wildman–Crippen MR) is 60.6 cm³/mol. The SMILES string of the molecule is CC(O)CC(C)(C)O.OCCCCCO. The molecule has 94 valence electrons. The van der Waals surface area contributed by atoms with Gasteiger partial charge in [-0.1, -0.05) is 0 Å². The summed E-state index contributed by atoms with van der Waals surface area (Å²) in [6.07, 6.45) is 2.61. The highest BCUT2D eigenvalue weighted by molar-refractivity contribution is 4.67. The lowest BCUT2D eigenvalue weighted by Gasteiger charge is -2.17. The number of rotatable bonds is 6. The van der Waals surface area contributed by atoms with E-state index in [0.29, 0.717) is 6.42 Å². The first-order valence-corrected chi connectivity index (χ1v) is 5.45. The highest BCUT2D eigenvalue weighted by Crippen LogP contribution is 2.09. The van der Waals surface area contributed by atoms with Crippen molar-refractivity contribution in [3.05, 3.63) is 0 Å². The summed E-state index contributed by atoms with van der Waals surface area (Å²) in [5.74, 6) is 0. The molecule has 0 aromatic heterocycles. The van der Waals surface area contributed by atoms with Crippen molar-refractivity contribution in [2.75, 3.05) is 13.2 Å². The third-order valence-corrected chi connectivity index (χ3v) is 1.61. The average Bonchev–Trinajstić information content (AvgIpc) is 2.01. The number of unbranched alkanes of at least 4 members (excludes halogenated alkanes) is 2. The van der Waals surface area contributed by atoms with Crippen LogP contribution in [0.4, 0.5) is 0 Å². The van der Waals surface area contributed by atoms with Crippen molar-refractivity contribution in [3.63, 3.8) is 0 Å². The molecule has 0 aliphatic rings. The maximum absolute atomic E-state index is 9.03. The molecular weight excluding hydrogens is 196 g/mol. The molecule has 0 aromatic carbocycles. The molecule has 1 unspecified atom stereocenters. The van der Waals surface area contributed by atoms with Gasteiger partial charge in [-0.3, -0.25) is 0 Å². The van der Waals surface area contributed by atoms with Crippen LogP contribution in [-0.4, -0.2) is 45.3 Å². The highest BCUT2D eigenvalue weighted by atomic mass is 16.3. The molecule has 1 atom stereocenters. The fourth-order valence-electron chi connectivity index (χ4n) is 1.12. The molecule has 0 rings (SSSR count). The summed E-state index contributed by atoms with van der Waals surface area (Å²) in [6.45, 7) is 5.53. The largest absolute Gasteiger partial charge is 0.396 e. The van der Waals surface area contributed by atoms with Crippen LogP contribution in [0.1, 0.15) is 46.5 Å². The van der Waals surface area contributed by atoms with E-state index in [4.69, 9.17) is 20.4 Å². The summed E-state index contributed by atoms with van der Waals surface area (Å²) in [5.41, 5.74) is -0.728. The van der Waals surface area contributed by atoms with Gasteiger partial charge in [0.2, 0.25) is 0 Å². The molecular formula is C11H26O4. The second-order valence-corrected chi connectivity index (χ2v) is 4.37. The Kier molecular flexibility index (Phi) is 11.9. The van der Waals surface area contributed by atoms with Gasteiger partial charge in [0, 0.05) is 19.6 Å². The van der Waals surface area contributed by atoms with E-state index in [0.717, 1.165) is 19.3 Å². The molecule has 0 spiro atoms. The van der Waals surface area contributed by atoms with Crippen LogP contribution >= 0.6 is 0 Å². The van der Waals surface area contributed by atoms with E-state index in [2.05, 4.69) is 0 Å². The average molecular weight is 222 g/mol. The fraction of sp³-hybridized carbons (Fsp3) is 1.00. The Labute approximate surface area is 92.6 Å². The van der Waals surface area contributed by atoms with Gasteiger partial charge in [0.1, 0.15) is 0 Å². The first-order valence-electron chi connectivity index (χ1n) is 5.45. The highest BCUT2D eigenvalue weighted by Gasteiger charge is 2.14. The van der Waals surface area contributed by atoms with Gasteiger partial charge in [0.15, 0.2) is 0 Å². The van der Waals surface area contributed by atoms with Gasteiger partial charge < -0.3 is 20.4 Å². The van der Waals surface area contributed by atoms with E-state index in [1.807, 2.05) is 0 Å². The third-order valence-electron chi connectivity index (χ3n) is 1.61. The Balaban J connectivity index is 0. The number of hydrogen-bond acceptors (Lipinski definition) is 4. The first-order chi connectivity index (χ1) is 6.83. The Morgan fingerprint density at radius 2 is 1.40 bits per heavy atom. The molecule has 0 radical (unpaired) electrons. The molecule has 0 heterocycles. The van der Waals surface area contributed by atoms with Crippen molar-refractivity contribution in [3.8, 4) is 0 Å². The lowest BCUT2D eigenvalue weighted by molar-refractivity contribution is 0.0249. The molecule has 0 fully saturated rings. The van der Waals surface area contributed by atoms with E-state index < -0.39 is 11.7 Å². The fourth-order valence-corrected chi connectivity index (χ4v) is 1.12. The van der Waals surface area contributed by atoms with E-state index in [1.165, 1.54) is 0 Å². The normalized spacial score (nSPS) is 13.0. The molecule has 0 saturated carbocycles. The summed E-state index contributed by atoms with van der Waals surface area (Å²) in [6, 6.07) is 0. The Morgan fingerprint density at radius 3 is 1.53 bits per heavy atom. The minimum Gasteiger partial charge on any atom is -0.396 e. The molecule has 4 nitrogen and oxygen atoms in total. The second-order valence-electron chi connectivity index (χ2n) is 4.37. The van der Waals surface area contributed by atoms with Crippen LogP contribution in [0.5, 0.6) is 0 Å². The Bertz CT molecular complexity index is 114. The van der Waals surface area contributed by atoms with Crippen molar-refractivity contribution >= 4 is 0 Å². The van der Waals surface area contributed by atoms with E-state index in [-0.39, 0.29) is 13.2 Å². The summed E-state index contributed by atoms with van der Waals surface area (Å²) in [7, 11) is 0. The van der Waals surface area contributed by atoms with Crippen LogP contribution in [0, 0.1) is 0 Å². The first kappa shape index (κ1) is 17.2. The summed E-state index contributed by atoms with van der Waals surface area (Å²) in [4.78, 5) is 0. The number of hydrogen-bond donors (Lipinski definition) is 4. The van der Waals surface area contributed by atoms with Gasteiger partial charge >= 0.3 is 0 Å². The van der Waals surface area contributed by atoms with Crippen molar-refractivity contribution in [1.82, 2.24) is 0 Å². The molecule has 4 heteroatoms. The molecule has 0 saturated heterocycles. The molecule has 0 aliphatic heterocycles. The second kappa shape index (κ2) is 10.4. The van der Waals surface area contributed by atoms with Crippen LogP contribution < -0.4 is 0 Å². The van der Waals surface area contributed by atoms with Gasteiger partial charge in [0.25, 0.3) is 0 Å². The minimum absolute atomic E-state index is 0.250. The van der Waals surface area contributed by atoms with Crippen LogP contribution in [0.15, 0.2) is 0 Å². The van der Waals surface area contributed by atoms with Gasteiger partial charge in [0.05, 0.1) is 11.7 Å². The van der Waals surface area contributed by atoms with Crippen LogP contribution in [0.3, 0.4) is 0 Å². The zero-order valence-electron chi connectivity index (χ0n) is 10.1. The molecule has 0 aromatic rings. The number of aliphatic hydroxyl groups is 4. The molecule has 0 bridgehead atoms. The third kappa shape index (κ3) is 24.8. The van der Waals surface area contributed by atoms with Crippen LogP contribution in [0.2, 0.25) is 0 Å². The summed E-state index contributed by atoms with van der Waals surface area (Å²) in [5, 5.41) is 34.2. The standard InChI is InChI=1S/C6H14O2.C5H12O2/c1-5(7)4-6(2,3)8;6-4-2-1-3-5-7/h5,7-8H,4H2,1-3H3;6-7H,1-5H2. The molecule has 4 N–H and O–H groups in total. The maximum atomic E-state index is 9.03. The van der Waals surface area contributed by atoms with Gasteiger partial charge in [-0.15, -0.1) is 0 Å². The molecule has 0 amide bonds. The van der Waals surface area contributed by atoms with Gasteiger partial charge in [-0.2, -0.15) is 0 Å². The van der Waals surface area contributed by atoms with Gasteiger partial charge in [-0.05, 0) is 40.0 Å². The topological polar surface area (TPSA) is 80.9 Å². The summed E-state index contributed by atoms with van der Waals surface area (Å²) < 4.78 is 0. The molecule has 15 heavy (non-hydrogen) atoms. The van der Waals surface area contributed by atoms with E-state index in [9.17, 15) is 0 Å². The Morgan fingerprint density at radius 1 is 1.00 bits per heavy atom. The summed E-state index contributed by atoms with van der Waals surface area (Å²) >= 11 is 0.